The third kappa shape index (κ3) is 4.56. The molecular formula is C23H19ClF2N8O. The normalized spacial score (nSPS) is 11.1. The van der Waals surface area contributed by atoms with Gasteiger partial charge in [0.25, 0.3) is 12.0 Å². The molecule has 0 unspecified atom stereocenters. The van der Waals surface area contributed by atoms with E-state index in [-0.39, 0.29) is 57.8 Å². The molecule has 0 saturated heterocycles. The van der Waals surface area contributed by atoms with Crippen LogP contribution in [0.15, 0.2) is 41.2 Å². The number of nitrogens with zero attached hydrogens (tertiary/aromatic N) is 5. The molecule has 0 aliphatic carbocycles. The molecule has 0 aliphatic heterocycles. The summed E-state index contributed by atoms with van der Waals surface area (Å²) in [5.41, 5.74) is 11.9. The number of fused-ring (bicyclic) bond motifs is 1. The highest BCUT2D eigenvalue weighted by Gasteiger charge is 2.19. The van der Waals surface area contributed by atoms with Crippen LogP contribution in [0.3, 0.4) is 0 Å². The maximum atomic E-state index is 13.6. The Labute approximate surface area is 203 Å². The maximum Gasteiger partial charge on any atom is 0.267 e. The minimum Gasteiger partial charge on any atom is -0.382 e. The number of nitrogens with one attached hydrogen (secondary N) is 1. The van der Waals surface area contributed by atoms with Gasteiger partial charge in [-0.15, -0.1) is 0 Å². The molecule has 0 fully saturated rings. The van der Waals surface area contributed by atoms with Crippen molar-refractivity contribution in [2.24, 2.45) is 0 Å². The lowest BCUT2D eigenvalue weighted by molar-refractivity contribution is 0.151. The fraction of sp³-hybridized carbons (Fsp3) is 0.174. The van der Waals surface area contributed by atoms with Crippen molar-refractivity contribution in [1.29, 1.82) is 5.26 Å². The molecule has 0 saturated carbocycles. The van der Waals surface area contributed by atoms with Crippen molar-refractivity contribution in [3.8, 4) is 11.8 Å². The number of nitrogens with two attached hydrogens (primary N) is 2. The molecule has 0 spiro atoms. The predicted molar refractivity (Wildman–Crippen MR) is 130 cm³/mol. The summed E-state index contributed by atoms with van der Waals surface area (Å²) in [6, 6.07) is 10.9. The Balaban J connectivity index is 1.82. The smallest absolute Gasteiger partial charge is 0.267 e. The van der Waals surface area contributed by atoms with Crippen LogP contribution in [0, 0.1) is 18.3 Å². The van der Waals surface area contributed by atoms with Gasteiger partial charge in [-0.25, -0.2) is 13.8 Å². The predicted octanol–water partition coefficient (Wildman–Crippen LogP) is 3.77. The molecule has 12 heteroatoms. The standard InChI is InChI=1S/C23H19ClF2N8O/c1-11-5-6-12(19(25)26)9-16(11)34-17(31-15-4-2-3-14(24)18(15)22(34)35)7-8-30-21-13(10-27)20(28)32-23(29)33-21/h2-6,9,19H,7-8H2,1H3,(H5,28,29,30,32,33). The molecule has 0 aliphatic rings. The van der Waals surface area contributed by atoms with Gasteiger partial charge in [0, 0.05) is 18.5 Å². The lowest BCUT2D eigenvalue weighted by Gasteiger charge is -2.17. The summed E-state index contributed by atoms with van der Waals surface area (Å²) < 4.78 is 28.2. The molecule has 35 heavy (non-hydrogen) atoms. The zero-order chi connectivity index (χ0) is 25.3. The van der Waals surface area contributed by atoms with Gasteiger partial charge in [-0.3, -0.25) is 9.36 Å². The van der Waals surface area contributed by atoms with Crippen LogP contribution >= 0.6 is 11.6 Å². The number of aryl methyl sites for hydroxylation is 1. The highest BCUT2D eigenvalue weighted by atomic mass is 35.5. The van der Waals surface area contributed by atoms with Crippen LogP contribution in [0.5, 0.6) is 0 Å². The number of nitrogen functional groups attached to an aromatic ring is 2. The molecule has 0 amide bonds. The zero-order valence-electron chi connectivity index (χ0n) is 18.4. The third-order valence-corrected chi connectivity index (χ3v) is 5.66. The summed E-state index contributed by atoms with van der Waals surface area (Å²) in [6.07, 6.45) is -2.56. The van der Waals surface area contributed by atoms with Gasteiger partial charge in [0.1, 0.15) is 23.3 Å². The van der Waals surface area contributed by atoms with Crippen LogP contribution in [0.1, 0.15) is 28.9 Å². The Morgan fingerprint density at radius 3 is 2.69 bits per heavy atom. The van der Waals surface area contributed by atoms with Crippen LogP contribution in [-0.4, -0.2) is 26.1 Å². The van der Waals surface area contributed by atoms with Crippen LogP contribution in [0.25, 0.3) is 16.6 Å². The average molecular weight is 497 g/mol. The van der Waals surface area contributed by atoms with Crippen molar-refractivity contribution < 1.29 is 8.78 Å². The van der Waals surface area contributed by atoms with Gasteiger partial charge in [-0.2, -0.15) is 15.2 Å². The number of halogens is 3. The van der Waals surface area contributed by atoms with E-state index in [4.69, 9.17) is 23.1 Å². The molecule has 9 nitrogen and oxygen atoms in total. The van der Waals surface area contributed by atoms with Crippen LogP contribution in [0.4, 0.5) is 26.4 Å². The van der Waals surface area contributed by atoms with Gasteiger partial charge in [0.2, 0.25) is 5.95 Å². The summed E-state index contributed by atoms with van der Waals surface area (Å²) >= 11 is 6.29. The Kier molecular flexibility index (Phi) is 6.48. The second-order valence-corrected chi connectivity index (χ2v) is 8.04. The number of alkyl halides is 2. The van der Waals surface area contributed by atoms with E-state index in [0.717, 1.165) is 0 Å². The lowest BCUT2D eigenvalue weighted by atomic mass is 10.1. The van der Waals surface area contributed by atoms with E-state index < -0.39 is 12.0 Å². The molecule has 2 aromatic heterocycles. The molecule has 0 bridgehead atoms. The number of hydrogen-bond donors (Lipinski definition) is 3. The summed E-state index contributed by atoms with van der Waals surface area (Å²) in [5.74, 6) is 0.238. The van der Waals surface area contributed by atoms with Gasteiger partial charge in [-0.05, 0) is 30.7 Å². The third-order valence-electron chi connectivity index (χ3n) is 5.35. The second-order valence-electron chi connectivity index (χ2n) is 7.63. The van der Waals surface area contributed by atoms with Crippen LogP contribution < -0.4 is 22.3 Å². The van der Waals surface area contributed by atoms with E-state index in [1.165, 1.54) is 22.8 Å². The number of benzene rings is 2. The quantitative estimate of drug-likeness (QED) is 0.365. The second kappa shape index (κ2) is 9.52. The largest absolute Gasteiger partial charge is 0.382 e. The first-order chi connectivity index (χ1) is 16.7. The number of nitriles is 1. The minimum absolute atomic E-state index is 0.0234. The molecule has 4 aromatic rings. The van der Waals surface area contributed by atoms with E-state index >= 15 is 0 Å². The fourth-order valence-electron chi connectivity index (χ4n) is 3.68. The zero-order valence-corrected chi connectivity index (χ0v) is 19.1. The maximum absolute atomic E-state index is 13.6. The number of anilines is 3. The van der Waals surface area contributed by atoms with Crippen molar-refractivity contribution in [3.05, 3.63) is 74.3 Å². The summed E-state index contributed by atoms with van der Waals surface area (Å²) in [7, 11) is 0. The summed E-state index contributed by atoms with van der Waals surface area (Å²) in [5, 5.41) is 12.7. The Bertz CT molecular complexity index is 1550. The van der Waals surface area contributed by atoms with Gasteiger partial charge in [0.05, 0.1) is 21.6 Å². The molecule has 0 atom stereocenters. The molecule has 5 N–H and O–H groups in total. The molecule has 0 radical (unpaired) electrons. The fourth-order valence-corrected chi connectivity index (χ4v) is 3.93. The molecule has 2 heterocycles. The Morgan fingerprint density at radius 1 is 1.20 bits per heavy atom. The lowest BCUT2D eigenvalue weighted by Crippen LogP contribution is -2.26. The molecule has 178 valence electrons. The number of rotatable bonds is 6. The van der Waals surface area contributed by atoms with Gasteiger partial charge in [-0.1, -0.05) is 29.8 Å². The highest BCUT2D eigenvalue weighted by molar-refractivity contribution is 6.35. The van der Waals surface area contributed by atoms with E-state index in [2.05, 4.69) is 20.3 Å². The summed E-state index contributed by atoms with van der Waals surface area (Å²) in [6.45, 7) is 1.87. The van der Waals surface area contributed by atoms with E-state index in [1.807, 2.05) is 6.07 Å². The van der Waals surface area contributed by atoms with Gasteiger partial charge < -0.3 is 16.8 Å². The van der Waals surface area contributed by atoms with Crippen molar-refractivity contribution in [1.82, 2.24) is 19.5 Å². The first kappa shape index (κ1) is 23.8. The van der Waals surface area contributed by atoms with Crippen LogP contribution in [-0.2, 0) is 6.42 Å². The van der Waals surface area contributed by atoms with E-state index in [9.17, 15) is 18.8 Å². The van der Waals surface area contributed by atoms with Crippen molar-refractivity contribution >= 4 is 40.1 Å². The minimum atomic E-state index is -2.72. The van der Waals surface area contributed by atoms with Gasteiger partial charge >= 0.3 is 0 Å². The van der Waals surface area contributed by atoms with Crippen molar-refractivity contribution in [3.63, 3.8) is 0 Å². The van der Waals surface area contributed by atoms with E-state index in [1.54, 1.807) is 25.1 Å². The first-order valence-corrected chi connectivity index (χ1v) is 10.7. The molecular weight excluding hydrogens is 478 g/mol. The number of hydrogen-bond acceptors (Lipinski definition) is 8. The van der Waals surface area contributed by atoms with Crippen LogP contribution in [0.2, 0.25) is 5.02 Å². The summed E-state index contributed by atoms with van der Waals surface area (Å²) in [4.78, 5) is 25.9. The SMILES string of the molecule is Cc1ccc(C(F)F)cc1-n1c(CCNc2nc(N)nc(N)c2C#N)nc2cccc(Cl)c2c1=O. The van der Waals surface area contributed by atoms with Crippen molar-refractivity contribution in [2.75, 3.05) is 23.3 Å². The molecule has 2 aromatic carbocycles. The first-order valence-electron chi connectivity index (χ1n) is 10.4. The highest BCUT2D eigenvalue weighted by Crippen LogP contribution is 2.26. The average Bonchev–Trinajstić information content (AvgIpc) is 2.79. The monoisotopic (exact) mass is 496 g/mol. The van der Waals surface area contributed by atoms with E-state index in [0.29, 0.717) is 16.9 Å². The number of aromatic nitrogens is 4. The van der Waals surface area contributed by atoms with Crippen molar-refractivity contribution in [2.45, 2.75) is 19.8 Å². The Morgan fingerprint density at radius 2 is 1.97 bits per heavy atom. The van der Waals surface area contributed by atoms with Gasteiger partial charge in [0.15, 0.2) is 5.82 Å². The molecule has 4 rings (SSSR count). The topological polar surface area (TPSA) is 149 Å². The Hall–Kier alpha value is -4.30.